The molecule has 0 bridgehead atoms. The summed E-state index contributed by atoms with van der Waals surface area (Å²) in [7, 11) is 1.55. The third kappa shape index (κ3) is 3.52. The van der Waals surface area contributed by atoms with Crippen LogP contribution in [0.2, 0.25) is 0 Å². The van der Waals surface area contributed by atoms with E-state index in [-0.39, 0.29) is 6.54 Å². The van der Waals surface area contributed by atoms with E-state index in [9.17, 15) is 13.2 Å². The van der Waals surface area contributed by atoms with Crippen LogP contribution in [0.15, 0.2) is 24.3 Å². The Morgan fingerprint density at radius 3 is 2.59 bits per heavy atom. The van der Waals surface area contributed by atoms with Crippen molar-refractivity contribution in [3.63, 3.8) is 0 Å². The molecule has 1 heterocycles. The largest absolute Gasteiger partial charge is 0.495 e. The van der Waals surface area contributed by atoms with E-state index in [0.29, 0.717) is 18.0 Å². The van der Waals surface area contributed by atoms with E-state index in [0.717, 1.165) is 17.3 Å². The molecule has 0 aliphatic rings. The molecule has 0 saturated carbocycles. The summed E-state index contributed by atoms with van der Waals surface area (Å²) in [4.78, 5) is 0. The van der Waals surface area contributed by atoms with Gasteiger partial charge in [-0.3, -0.25) is 4.68 Å². The second kappa shape index (κ2) is 6.29. The lowest BCUT2D eigenvalue weighted by Gasteiger charge is -2.12. The molecule has 1 aromatic heterocycles. The first-order valence-electron chi connectivity index (χ1n) is 6.87. The molecule has 7 heteroatoms. The first-order valence-corrected chi connectivity index (χ1v) is 6.87. The summed E-state index contributed by atoms with van der Waals surface area (Å²) in [6.07, 6.45) is -4.43. The third-order valence-electron chi connectivity index (χ3n) is 3.27. The van der Waals surface area contributed by atoms with E-state index < -0.39 is 11.9 Å². The van der Waals surface area contributed by atoms with Gasteiger partial charge >= 0.3 is 6.18 Å². The number of rotatable bonds is 5. The van der Waals surface area contributed by atoms with Crippen LogP contribution in [0.5, 0.6) is 5.75 Å². The number of aryl methyl sites for hydroxylation is 2. The molecule has 0 saturated heterocycles. The minimum absolute atomic E-state index is 0.233. The summed E-state index contributed by atoms with van der Waals surface area (Å²) >= 11 is 0. The number of ether oxygens (including phenoxy) is 1. The monoisotopic (exact) mass is 313 g/mol. The highest BCUT2D eigenvalue weighted by Crippen LogP contribution is 2.29. The molecule has 120 valence electrons. The van der Waals surface area contributed by atoms with Gasteiger partial charge in [0.2, 0.25) is 0 Å². The second-order valence-electron chi connectivity index (χ2n) is 4.89. The van der Waals surface area contributed by atoms with Gasteiger partial charge in [0, 0.05) is 6.54 Å². The van der Waals surface area contributed by atoms with Crippen molar-refractivity contribution in [1.29, 1.82) is 0 Å². The van der Waals surface area contributed by atoms with Crippen molar-refractivity contribution in [2.45, 2.75) is 33.1 Å². The summed E-state index contributed by atoms with van der Waals surface area (Å²) in [5.74, 6) is 0.643. The molecule has 0 spiro atoms. The van der Waals surface area contributed by atoms with Gasteiger partial charge in [-0.1, -0.05) is 6.07 Å². The highest BCUT2D eigenvalue weighted by atomic mass is 19.4. The highest BCUT2D eigenvalue weighted by molar-refractivity contribution is 5.58. The number of aromatic nitrogens is 2. The number of nitrogens with zero attached hydrogens (tertiary/aromatic N) is 2. The minimum atomic E-state index is -4.43. The average molecular weight is 313 g/mol. The van der Waals surface area contributed by atoms with Gasteiger partial charge in [0.15, 0.2) is 5.69 Å². The third-order valence-corrected chi connectivity index (χ3v) is 3.27. The van der Waals surface area contributed by atoms with Gasteiger partial charge in [0.1, 0.15) is 5.75 Å². The van der Waals surface area contributed by atoms with Crippen LogP contribution in [0.4, 0.5) is 18.9 Å². The Hall–Kier alpha value is -2.18. The zero-order chi connectivity index (χ0) is 16.3. The van der Waals surface area contributed by atoms with Crippen molar-refractivity contribution < 1.29 is 17.9 Å². The van der Waals surface area contributed by atoms with Crippen LogP contribution in [-0.4, -0.2) is 16.9 Å². The lowest BCUT2D eigenvalue weighted by molar-refractivity contribution is -0.141. The summed E-state index contributed by atoms with van der Waals surface area (Å²) < 4.78 is 44.8. The quantitative estimate of drug-likeness (QED) is 0.911. The fourth-order valence-electron chi connectivity index (χ4n) is 2.16. The molecule has 0 amide bonds. The SMILES string of the molecule is CCn1nc(C(F)(F)F)cc1CNc1cc(C)ccc1OC. The molecule has 2 rings (SSSR count). The van der Waals surface area contributed by atoms with Gasteiger partial charge in [-0.05, 0) is 37.6 Å². The van der Waals surface area contributed by atoms with Crippen LogP contribution in [0.3, 0.4) is 0 Å². The van der Waals surface area contributed by atoms with E-state index in [4.69, 9.17) is 4.74 Å². The first-order chi connectivity index (χ1) is 10.3. The van der Waals surface area contributed by atoms with Gasteiger partial charge < -0.3 is 10.1 Å². The predicted molar refractivity (Wildman–Crippen MR) is 78.0 cm³/mol. The summed E-state index contributed by atoms with van der Waals surface area (Å²) in [6, 6.07) is 6.67. The Morgan fingerprint density at radius 1 is 1.27 bits per heavy atom. The lowest BCUT2D eigenvalue weighted by atomic mass is 10.2. The zero-order valence-electron chi connectivity index (χ0n) is 12.7. The van der Waals surface area contributed by atoms with Gasteiger partial charge in [-0.15, -0.1) is 0 Å². The Morgan fingerprint density at radius 2 is 2.00 bits per heavy atom. The Balaban J connectivity index is 2.21. The maximum Gasteiger partial charge on any atom is 0.435 e. The molecule has 0 aliphatic heterocycles. The number of alkyl halides is 3. The number of hydrogen-bond acceptors (Lipinski definition) is 3. The Labute approximate surface area is 126 Å². The van der Waals surface area contributed by atoms with Gasteiger partial charge in [0.05, 0.1) is 25.0 Å². The molecular formula is C15H18F3N3O. The van der Waals surface area contributed by atoms with E-state index in [1.165, 1.54) is 4.68 Å². The maximum absolute atomic E-state index is 12.7. The summed E-state index contributed by atoms with van der Waals surface area (Å²) in [5.41, 5.74) is 1.36. The molecule has 22 heavy (non-hydrogen) atoms. The number of halogens is 3. The van der Waals surface area contributed by atoms with Gasteiger partial charge in [0.25, 0.3) is 0 Å². The van der Waals surface area contributed by atoms with Crippen molar-refractivity contribution in [3.05, 3.63) is 41.2 Å². The number of benzene rings is 1. The number of methoxy groups -OCH3 is 1. The summed E-state index contributed by atoms with van der Waals surface area (Å²) in [5, 5.41) is 6.70. The normalized spacial score (nSPS) is 11.5. The van der Waals surface area contributed by atoms with E-state index in [2.05, 4.69) is 10.4 Å². The molecule has 2 aromatic rings. The van der Waals surface area contributed by atoms with Crippen molar-refractivity contribution in [1.82, 2.24) is 9.78 Å². The van der Waals surface area contributed by atoms with Crippen molar-refractivity contribution in [2.75, 3.05) is 12.4 Å². The van der Waals surface area contributed by atoms with Gasteiger partial charge in [-0.2, -0.15) is 18.3 Å². The Kier molecular flexibility index (Phi) is 4.63. The molecule has 0 atom stereocenters. The second-order valence-corrected chi connectivity index (χ2v) is 4.89. The number of nitrogens with one attached hydrogen (secondary N) is 1. The van der Waals surface area contributed by atoms with E-state index in [1.807, 2.05) is 25.1 Å². The van der Waals surface area contributed by atoms with Crippen LogP contribution < -0.4 is 10.1 Å². The van der Waals surface area contributed by atoms with Crippen molar-refractivity contribution >= 4 is 5.69 Å². The van der Waals surface area contributed by atoms with Crippen molar-refractivity contribution in [2.24, 2.45) is 0 Å². The average Bonchev–Trinajstić information content (AvgIpc) is 2.88. The molecule has 0 unspecified atom stereocenters. The molecule has 4 nitrogen and oxygen atoms in total. The fraction of sp³-hybridized carbons (Fsp3) is 0.400. The van der Waals surface area contributed by atoms with Crippen LogP contribution in [0.1, 0.15) is 23.9 Å². The molecular weight excluding hydrogens is 295 g/mol. The Bertz CT molecular complexity index is 650. The van der Waals surface area contributed by atoms with Crippen LogP contribution in [0, 0.1) is 6.92 Å². The fourth-order valence-corrected chi connectivity index (χ4v) is 2.16. The maximum atomic E-state index is 12.7. The van der Waals surface area contributed by atoms with Crippen molar-refractivity contribution in [3.8, 4) is 5.75 Å². The highest BCUT2D eigenvalue weighted by Gasteiger charge is 2.34. The van der Waals surface area contributed by atoms with Crippen LogP contribution in [0.25, 0.3) is 0 Å². The molecule has 0 fully saturated rings. The number of anilines is 1. The standard InChI is InChI=1S/C15H18F3N3O/c1-4-21-11(8-14(20-21)15(16,17)18)9-19-12-7-10(2)5-6-13(12)22-3/h5-8,19H,4,9H2,1-3H3. The molecule has 1 N–H and O–H groups in total. The van der Waals surface area contributed by atoms with Crippen LogP contribution in [-0.2, 0) is 19.3 Å². The van der Waals surface area contributed by atoms with E-state index >= 15 is 0 Å². The molecule has 0 radical (unpaired) electrons. The number of hydrogen-bond donors (Lipinski definition) is 1. The molecule has 1 aromatic carbocycles. The van der Waals surface area contributed by atoms with Gasteiger partial charge in [-0.25, -0.2) is 0 Å². The van der Waals surface area contributed by atoms with E-state index in [1.54, 1.807) is 14.0 Å². The van der Waals surface area contributed by atoms with Crippen LogP contribution >= 0.6 is 0 Å². The minimum Gasteiger partial charge on any atom is -0.495 e. The first kappa shape index (κ1) is 16.2. The summed E-state index contributed by atoms with van der Waals surface area (Å²) in [6.45, 7) is 4.29. The predicted octanol–water partition coefficient (Wildman–Crippen LogP) is 3.85. The zero-order valence-corrected chi connectivity index (χ0v) is 12.7. The smallest absolute Gasteiger partial charge is 0.435 e. The lowest BCUT2D eigenvalue weighted by Crippen LogP contribution is -2.09. The molecule has 0 aliphatic carbocycles. The topological polar surface area (TPSA) is 39.1 Å².